The lowest BCUT2D eigenvalue weighted by Crippen LogP contribution is -2.35. The fourth-order valence-corrected chi connectivity index (χ4v) is 3.40. The highest BCUT2D eigenvalue weighted by molar-refractivity contribution is 7.18. The van der Waals surface area contributed by atoms with Gasteiger partial charge in [-0.05, 0) is 47.9 Å². The highest BCUT2D eigenvalue weighted by Crippen LogP contribution is 2.35. The Labute approximate surface area is 139 Å². The minimum atomic E-state index is 0.280. The summed E-state index contributed by atoms with van der Waals surface area (Å²) in [6.07, 6.45) is 8.70. The minimum Gasteiger partial charge on any atom is -0.308 e. The van der Waals surface area contributed by atoms with Crippen LogP contribution in [0.1, 0.15) is 12.0 Å². The summed E-state index contributed by atoms with van der Waals surface area (Å²) in [5, 5.41) is 20.8. The molecule has 2 unspecified atom stereocenters. The third-order valence-corrected chi connectivity index (χ3v) is 4.82. The molecule has 3 rings (SSSR count). The lowest BCUT2D eigenvalue weighted by molar-refractivity contribution is 0.390. The fourth-order valence-electron chi connectivity index (χ4n) is 2.94. The number of benzene rings is 1. The molecule has 1 aromatic rings. The molecule has 2 aliphatic rings. The first kappa shape index (κ1) is 15.7. The summed E-state index contributed by atoms with van der Waals surface area (Å²) in [4.78, 5) is 0. The van der Waals surface area contributed by atoms with Gasteiger partial charge in [0.2, 0.25) is 0 Å². The number of allylic oxidation sites excluding steroid dienone is 4. The molecule has 0 fully saturated rings. The van der Waals surface area contributed by atoms with E-state index in [-0.39, 0.29) is 5.66 Å². The second-order valence-corrected chi connectivity index (χ2v) is 6.52. The lowest BCUT2D eigenvalue weighted by Gasteiger charge is -2.32. The molecule has 0 radical (unpaired) electrons. The Morgan fingerprint density at radius 3 is 2.65 bits per heavy atom. The van der Waals surface area contributed by atoms with Gasteiger partial charge in [0, 0.05) is 25.5 Å². The molecule has 0 spiro atoms. The van der Waals surface area contributed by atoms with Crippen LogP contribution in [0.25, 0.3) is 0 Å². The summed E-state index contributed by atoms with van der Waals surface area (Å²) < 4.78 is 0. The van der Waals surface area contributed by atoms with Crippen LogP contribution < -0.4 is 5.01 Å². The van der Waals surface area contributed by atoms with Crippen LogP contribution in [0.3, 0.4) is 0 Å². The van der Waals surface area contributed by atoms with Crippen molar-refractivity contribution in [3.8, 4) is 6.07 Å². The van der Waals surface area contributed by atoms with Crippen molar-refractivity contribution >= 4 is 21.1 Å². The van der Waals surface area contributed by atoms with E-state index in [1.54, 1.807) is 0 Å². The highest BCUT2D eigenvalue weighted by atomic mass is 31.0. The zero-order chi connectivity index (χ0) is 16.4. The second-order valence-electron chi connectivity index (χ2n) is 5.71. The molecule has 1 aromatic carbocycles. The molecule has 0 saturated carbocycles. The second kappa shape index (κ2) is 6.50. The average molecular weight is 322 g/mol. The number of rotatable bonds is 3. The molecule has 1 N–H and O–H groups in total. The van der Waals surface area contributed by atoms with Crippen LogP contribution in [0.15, 0.2) is 59.3 Å². The molecule has 2 atom stereocenters. The van der Waals surface area contributed by atoms with Gasteiger partial charge in [-0.15, -0.1) is 9.24 Å². The maximum Gasteiger partial charge on any atom is 0.0991 e. The van der Waals surface area contributed by atoms with Gasteiger partial charge in [-0.1, -0.05) is 12.2 Å². The Balaban J connectivity index is 1.93. The summed E-state index contributed by atoms with van der Waals surface area (Å²) in [6, 6.07) is 9.81. The van der Waals surface area contributed by atoms with E-state index >= 15 is 0 Å². The molecule has 1 heterocycles. The highest BCUT2D eigenvalue weighted by Gasteiger charge is 2.27. The zero-order valence-electron chi connectivity index (χ0n) is 13.0. The van der Waals surface area contributed by atoms with Crippen molar-refractivity contribution in [2.45, 2.75) is 12.1 Å². The van der Waals surface area contributed by atoms with Crippen LogP contribution in [0, 0.1) is 16.7 Å². The normalized spacial score (nSPS) is 21.3. The molecule has 0 aromatic heterocycles. The number of hydrazine groups is 1. The summed E-state index contributed by atoms with van der Waals surface area (Å²) in [5.74, 6) is 0. The number of hydrogen-bond acceptors (Lipinski definition) is 4. The van der Waals surface area contributed by atoms with Gasteiger partial charge < -0.3 is 5.41 Å². The molecular weight excluding hydrogens is 303 g/mol. The predicted octanol–water partition coefficient (Wildman–Crippen LogP) is 3.26. The maximum atomic E-state index is 8.96. The molecule has 0 amide bonds. The molecular formula is C18H19N4P. The van der Waals surface area contributed by atoms with Gasteiger partial charge in [0.05, 0.1) is 23.0 Å². The smallest absolute Gasteiger partial charge is 0.0991 e. The molecule has 23 heavy (non-hydrogen) atoms. The Hall–Kier alpha value is -2.21. The summed E-state index contributed by atoms with van der Waals surface area (Å²) in [5.41, 5.74) is 5.49. The molecule has 1 aliphatic heterocycles. The van der Waals surface area contributed by atoms with E-state index in [0.29, 0.717) is 5.56 Å². The van der Waals surface area contributed by atoms with Crippen molar-refractivity contribution in [3.05, 3.63) is 64.9 Å². The topological polar surface area (TPSA) is 54.1 Å². The monoisotopic (exact) mass is 322 g/mol. The fraction of sp³-hybridized carbons (Fsp3) is 0.222. The molecule has 4 nitrogen and oxygen atoms in total. The van der Waals surface area contributed by atoms with E-state index in [4.69, 9.17) is 10.7 Å². The predicted molar refractivity (Wildman–Crippen MR) is 97.4 cm³/mol. The van der Waals surface area contributed by atoms with Crippen molar-refractivity contribution in [1.82, 2.24) is 5.01 Å². The van der Waals surface area contributed by atoms with Crippen LogP contribution >= 0.6 is 9.24 Å². The zero-order valence-corrected chi connectivity index (χ0v) is 14.2. The van der Waals surface area contributed by atoms with Gasteiger partial charge in [-0.3, -0.25) is 5.01 Å². The first-order valence-electron chi connectivity index (χ1n) is 7.52. The van der Waals surface area contributed by atoms with E-state index in [9.17, 15) is 0 Å². The van der Waals surface area contributed by atoms with E-state index in [2.05, 4.69) is 44.5 Å². The Bertz CT molecular complexity index is 752. The van der Waals surface area contributed by atoms with Crippen molar-refractivity contribution in [1.29, 1.82) is 10.7 Å². The van der Waals surface area contributed by atoms with Gasteiger partial charge in [-0.2, -0.15) is 5.26 Å². The Kier molecular flexibility index (Phi) is 4.43. The van der Waals surface area contributed by atoms with Gasteiger partial charge in [0.15, 0.2) is 0 Å². The van der Waals surface area contributed by atoms with Crippen LogP contribution in [-0.4, -0.2) is 30.5 Å². The van der Waals surface area contributed by atoms with Crippen LogP contribution in [0.4, 0.5) is 5.69 Å². The number of likely N-dealkylation sites (N-methyl/N-ethyl adjacent to an activating group) is 1. The average Bonchev–Trinajstić information content (AvgIpc) is 2.96. The van der Waals surface area contributed by atoms with Crippen molar-refractivity contribution in [2.75, 3.05) is 18.6 Å². The van der Waals surface area contributed by atoms with Crippen LogP contribution in [-0.2, 0) is 0 Å². The molecule has 0 saturated heterocycles. The first-order chi connectivity index (χ1) is 11.1. The van der Waals surface area contributed by atoms with E-state index in [0.717, 1.165) is 24.2 Å². The number of nitrogens with one attached hydrogen (secondary N) is 1. The SMILES string of the molecule is CN1CC=C(C2=CC=C(C=N)C(P)C2)N1c1ccc(C#N)cc1. The third kappa shape index (κ3) is 2.99. The van der Waals surface area contributed by atoms with Crippen molar-refractivity contribution in [2.24, 2.45) is 0 Å². The molecule has 1 aliphatic carbocycles. The largest absolute Gasteiger partial charge is 0.308 e. The number of anilines is 1. The lowest BCUT2D eigenvalue weighted by atomic mass is 9.95. The standard InChI is InChI=1S/C18H19N4P/c1-21-9-8-17(14-4-5-15(12-20)18(23)10-14)22(21)16-6-2-13(11-19)3-7-16/h2-8,12,18,20H,9-10,23H2,1H3. The summed E-state index contributed by atoms with van der Waals surface area (Å²) in [7, 11) is 4.88. The van der Waals surface area contributed by atoms with Gasteiger partial charge in [0.1, 0.15) is 0 Å². The first-order valence-corrected chi connectivity index (χ1v) is 8.19. The number of nitriles is 1. The summed E-state index contributed by atoms with van der Waals surface area (Å²) >= 11 is 0. The number of hydrogen-bond donors (Lipinski definition) is 1. The Morgan fingerprint density at radius 1 is 1.30 bits per heavy atom. The summed E-state index contributed by atoms with van der Waals surface area (Å²) in [6.45, 7) is 0.856. The number of nitrogens with zero attached hydrogens (tertiary/aromatic N) is 3. The van der Waals surface area contributed by atoms with E-state index in [1.807, 2.05) is 30.3 Å². The van der Waals surface area contributed by atoms with Gasteiger partial charge in [0.25, 0.3) is 0 Å². The third-order valence-electron chi connectivity index (χ3n) is 4.20. The molecule has 116 valence electrons. The van der Waals surface area contributed by atoms with Crippen molar-refractivity contribution < 1.29 is 0 Å². The molecule has 5 heteroatoms. The van der Waals surface area contributed by atoms with E-state index in [1.165, 1.54) is 17.5 Å². The maximum absolute atomic E-state index is 8.96. The minimum absolute atomic E-state index is 0.280. The Morgan fingerprint density at radius 2 is 2.04 bits per heavy atom. The van der Waals surface area contributed by atoms with Crippen LogP contribution in [0.5, 0.6) is 0 Å². The van der Waals surface area contributed by atoms with Gasteiger partial charge in [-0.25, -0.2) is 5.01 Å². The van der Waals surface area contributed by atoms with E-state index < -0.39 is 0 Å². The van der Waals surface area contributed by atoms with Crippen LogP contribution in [0.2, 0.25) is 0 Å². The van der Waals surface area contributed by atoms with Crippen molar-refractivity contribution in [3.63, 3.8) is 0 Å². The molecule has 0 bridgehead atoms. The van der Waals surface area contributed by atoms with Gasteiger partial charge >= 0.3 is 0 Å². The quantitative estimate of drug-likeness (QED) is 0.686.